The standard InChI is InChI=1S/C21H10Cl3N3O2S/c22-13-4-1-11(2-5-13)19-25-21-27(26-19)20(28)18(30-21)10-14-6-8-17(29-14)12-3-7-15(23)16(24)9-12/h1-10H/b18-10+. The van der Waals surface area contributed by atoms with Gasteiger partial charge < -0.3 is 4.42 Å². The Kier molecular flexibility index (Phi) is 4.87. The monoisotopic (exact) mass is 473 g/mol. The summed E-state index contributed by atoms with van der Waals surface area (Å²) in [6.45, 7) is 0. The van der Waals surface area contributed by atoms with E-state index in [1.165, 1.54) is 15.9 Å². The average Bonchev–Trinajstić information content (AvgIpc) is 3.43. The van der Waals surface area contributed by atoms with E-state index < -0.39 is 0 Å². The van der Waals surface area contributed by atoms with Crippen LogP contribution in [0.15, 0.2) is 63.8 Å². The quantitative estimate of drug-likeness (QED) is 0.342. The molecule has 0 aliphatic rings. The molecule has 0 N–H and O–H groups in total. The fraction of sp³-hybridized carbons (Fsp3) is 0. The van der Waals surface area contributed by atoms with E-state index in [2.05, 4.69) is 10.1 Å². The van der Waals surface area contributed by atoms with Gasteiger partial charge in [-0.15, -0.1) is 5.10 Å². The molecule has 0 saturated heterocycles. The van der Waals surface area contributed by atoms with Gasteiger partial charge in [-0.3, -0.25) is 4.79 Å². The molecule has 0 unspecified atom stereocenters. The van der Waals surface area contributed by atoms with Crippen LogP contribution in [0.2, 0.25) is 15.1 Å². The first-order valence-corrected chi connectivity index (χ1v) is 10.7. The van der Waals surface area contributed by atoms with E-state index in [1.54, 1.807) is 36.4 Å². The van der Waals surface area contributed by atoms with Crippen LogP contribution in [0.4, 0.5) is 0 Å². The lowest BCUT2D eigenvalue weighted by Gasteiger charge is -1.99. The van der Waals surface area contributed by atoms with Gasteiger partial charge in [-0.2, -0.15) is 9.50 Å². The molecule has 0 bridgehead atoms. The molecule has 5 rings (SSSR count). The third-order valence-electron chi connectivity index (χ3n) is 4.39. The van der Waals surface area contributed by atoms with Gasteiger partial charge in [-0.1, -0.05) is 46.1 Å². The Balaban J connectivity index is 1.50. The molecule has 5 nitrogen and oxygen atoms in total. The van der Waals surface area contributed by atoms with Gasteiger partial charge in [0.25, 0.3) is 5.56 Å². The van der Waals surface area contributed by atoms with Crippen LogP contribution >= 0.6 is 46.1 Å². The van der Waals surface area contributed by atoms with E-state index in [9.17, 15) is 4.79 Å². The Morgan fingerprint density at radius 1 is 0.933 bits per heavy atom. The number of thiazole rings is 1. The number of rotatable bonds is 3. The van der Waals surface area contributed by atoms with Crippen LogP contribution < -0.4 is 10.1 Å². The number of furan rings is 1. The number of nitrogens with zero attached hydrogens (tertiary/aromatic N) is 3. The van der Waals surface area contributed by atoms with Crippen molar-refractivity contribution in [1.29, 1.82) is 0 Å². The Hall–Kier alpha value is -2.64. The molecule has 0 aliphatic carbocycles. The molecule has 0 radical (unpaired) electrons. The Labute approximate surface area is 188 Å². The van der Waals surface area contributed by atoms with E-state index in [0.717, 1.165) is 11.1 Å². The third-order valence-corrected chi connectivity index (χ3v) is 6.34. The predicted octanol–water partition coefficient (Wildman–Crippen LogP) is 5.59. The van der Waals surface area contributed by atoms with Crippen molar-refractivity contribution in [1.82, 2.24) is 14.6 Å². The van der Waals surface area contributed by atoms with Gasteiger partial charge in [0, 0.05) is 22.2 Å². The number of hydrogen-bond donors (Lipinski definition) is 0. The zero-order chi connectivity index (χ0) is 20.8. The molecular formula is C21H10Cl3N3O2S. The Bertz CT molecular complexity index is 1500. The maximum atomic E-state index is 12.7. The predicted molar refractivity (Wildman–Crippen MR) is 121 cm³/mol. The Morgan fingerprint density at radius 3 is 2.43 bits per heavy atom. The van der Waals surface area contributed by atoms with Gasteiger partial charge in [0.15, 0.2) is 5.82 Å². The van der Waals surface area contributed by atoms with Gasteiger partial charge in [0.1, 0.15) is 16.1 Å². The van der Waals surface area contributed by atoms with Crippen molar-refractivity contribution >= 4 is 57.2 Å². The average molecular weight is 475 g/mol. The van der Waals surface area contributed by atoms with Crippen LogP contribution in [0.25, 0.3) is 33.7 Å². The molecular weight excluding hydrogens is 465 g/mol. The van der Waals surface area contributed by atoms with E-state index in [-0.39, 0.29) is 5.56 Å². The fourth-order valence-electron chi connectivity index (χ4n) is 2.92. The van der Waals surface area contributed by atoms with Crippen molar-refractivity contribution in [3.05, 3.63) is 90.3 Å². The molecule has 0 saturated carbocycles. The summed E-state index contributed by atoms with van der Waals surface area (Å²) in [5, 5.41) is 5.87. The lowest BCUT2D eigenvalue weighted by Crippen LogP contribution is -2.23. The van der Waals surface area contributed by atoms with Crippen molar-refractivity contribution in [2.24, 2.45) is 0 Å². The van der Waals surface area contributed by atoms with Crippen LogP contribution in [0.5, 0.6) is 0 Å². The van der Waals surface area contributed by atoms with Crippen LogP contribution in [-0.4, -0.2) is 14.6 Å². The summed E-state index contributed by atoms with van der Waals surface area (Å²) in [4.78, 5) is 17.7. The highest BCUT2D eigenvalue weighted by Gasteiger charge is 2.13. The number of aromatic nitrogens is 3. The van der Waals surface area contributed by atoms with Gasteiger partial charge in [0.05, 0.1) is 10.0 Å². The summed E-state index contributed by atoms with van der Waals surface area (Å²) in [6.07, 6.45) is 1.67. The Morgan fingerprint density at radius 2 is 1.70 bits per heavy atom. The van der Waals surface area contributed by atoms with Crippen LogP contribution in [0, 0.1) is 0 Å². The molecule has 2 aromatic carbocycles. The van der Waals surface area contributed by atoms with E-state index in [0.29, 0.717) is 41.9 Å². The highest BCUT2D eigenvalue weighted by molar-refractivity contribution is 7.15. The van der Waals surface area contributed by atoms with Crippen molar-refractivity contribution < 1.29 is 4.42 Å². The second-order valence-electron chi connectivity index (χ2n) is 6.38. The van der Waals surface area contributed by atoms with Crippen molar-refractivity contribution in [3.63, 3.8) is 0 Å². The summed E-state index contributed by atoms with van der Waals surface area (Å²) < 4.78 is 7.62. The molecule has 0 aliphatic heterocycles. The van der Waals surface area contributed by atoms with E-state index in [1.807, 2.05) is 24.3 Å². The lowest BCUT2D eigenvalue weighted by atomic mass is 10.2. The van der Waals surface area contributed by atoms with Crippen molar-refractivity contribution in [3.8, 4) is 22.7 Å². The summed E-state index contributed by atoms with van der Waals surface area (Å²) in [6, 6.07) is 16.0. The molecule has 30 heavy (non-hydrogen) atoms. The van der Waals surface area contributed by atoms with Crippen molar-refractivity contribution in [2.75, 3.05) is 0 Å². The normalized spacial score (nSPS) is 12.2. The molecule has 0 atom stereocenters. The molecule has 3 aromatic heterocycles. The summed E-state index contributed by atoms with van der Waals surface area (Å²) >= 11 is 19.2. The molecule has 0 amide bonds. The number of halogens is 3. The zero-order valence-corrected chi connectivity index (χ0v) is 18.1. The zero-order valence-electron chi connectivity index (χ0n) is 15.0. The fourth-order valence-corrected chi connectivity index (χ4v) is 4.23. The smallest absolute Gasteiger partial charge is 0.291 e. The van der Waals surface area contributed by atoms with Crippen molar-refractivity contribution in [2.45, 2.75) is 0 Å². The minimum atomic E-state index is -0.254. The summed E-state index contributed by atoms with van der Waals surface area (Å²) in [5.74, 6) is 1.63. The number of hydrogen-bond acceptors (Lipinski definition) is 5. The second-order valence-corrected chi connectivity index (χ2v) is 8.64. The maximum absolute atomic E-state index is 12.7. The van der Waals surface area contributed by atoms with Crippen LogP contribution in [0.1, 0.15) is 5.76 Å². The molecule has 0 fully saturated rings. The summed E-state index contributed by atoms with van der Waals surface area (Å²) in [5.41, 5.74) is 1.33. The number of benzene rings is 2. The first-order chi connectivity index (χ1) is 14.5. The lowest BCUT2D eigenvalue weighted by molar-refractivity contribution is 0.571. The molecule has 5 aromatic rings. The first kappa shape index (κ1) is 19.3. The van der Waals surface area contributed by atoms with Gasteiger partial charge >= 0.3 is 0 Å². The summed E-state index contributed by atoms with van der Waals surface area (Å²) in [7, 11) is 0. The topological polar surface area (TPSA) is 60.4 Å². The van der Waals surface area contributed by atoms with Gasteiger partial charge in [-0.25, -0.2) is 0 Å². The highest BCUT2D eigenvalue weighted by atomic mass is 35.5. The second kappa shape index (κ2) is 7.56. The molecule has 9 heteroatoms. The first-order valence-electron chi connectivity index (χ1n) is 8.70. The maximum Gasteiger partial charge on any atom is 0.291 e. The van der Waals surface area contributed by atoms with E-state index >= 15 is 0 Å². The molecule has 0 spiro atoms. The highest BCUT2D eigenvalue weighted by Crippen LogP contribution is 2.29. The molecule has 148 valence electrons. The number of fused-ring (bicyclic) bond motifs is 1. The van der Waals surface area contributed by atoms with Gasteiger partial charge in [0.2, 0.25) is 4.96 Å². The minimum absolute atomic E-state index is 0.254. The third kappa shape index (κ3) is 3.52. The van der Waals surface area contributed by atoms with E-state index in [4.69, 9.17) is 39.2 Å². The van der Waals surface area contributed by atoms with Crippen LogP contribution in [0.3, 0.4) is 0 Å². The molecule has 3 heterocycles. The minimum Gasteiger partial charge on any atom is -0.457 e. The van der Waals surface area contributed by atoms with Crippen LogP contribution in [-0.2, 0) is 0 Å². The van der Waals surface area contributed by atoms with Gasteiger partial charge in [-0.05, 0) is 54.6 Å². The SMILES string of the molecule is O=c1/c(=C\c2ccc(-c3ccc(Cl)c(Cl)c3)o2)sc2nc(-c3ccc(Cl)cc3)nn12. The largest absolute Gasteiger partial charge is 0.457 e.